The number of aromatic nitrogens is 2. The minimum atomic E-state index is 0.275. The summed E-state index contributed by atoms with van der Waals surface area (Å²) >= 11 is 0. The summed E-state index contributed by atoms with van der Waals surface area (Å²) in [6.07, 6.45) is 7.97. The number of pyridine rings is 2. The molecule has 0 fully saturated rings. The molecule has 0 radical (unpaired) electrons. The van der Waals surface area contributed by atoms with E-state index in [9.17, 15) is 0 Å². The highest BCUT2D eigenvalue weighted by Crippen LogP contribution is 2.37. The maximum atomic E-state index is 5.47. The summed E-state index contributed by atoms with van der Waals surface area (Å²) in [4.78, 5) is 4.88. The van der Waals surface area contributed by atoms with Crippen LogP contribution < -0.4 is 9.47 Å². The summed E-state index contributed by atoms with van der Waals surface area (Å²) in [6, 6.07) is 8.27. The standard InChI is InChI=1S/C19H12N2O3/c1-2-22-9-14-8-21-7-13-3-12-5-17-18(24-10-23-17)6-15(12)20-19(13)16(21)4-11(1)14/h1-8H,9-10H2. The third-order valence-electron chi connectivity index (χ3n) is 4.68. The highest BCUT2D eigenvalue weighted by molar-refractivity contribution is 6.02. The first kappa shape index (κ1) is 12.2. The lowest BCUT2D eigenvalue weighted by molar-refractivity contribution is 0.174. The first-order chi connectivity index (χ1) is 11.8. The molecular formula is C19H12N2O3. The van der Waals surface area contributed by atoms with E-state index in [0.717, 1.165) is 38.8 Å². The molecule has 0 saturated heterocycles. The molecule has 0 unspecified atom stereocenters. The quantitative estimate of drug-likeness (QED) is 0.494. The van der Waals surface area contributed by atoms with Crippen molar-refractivity contribution in [1.82, 2.24) is 9.38 Å². The molecule has 3 aromatic heterocycles. The van der Waals surface area contributed by atoms with Gasteiger partial charge in [-0.25, -0.2) is 4.98 Å². The second-order valence-corrected chi connectivity index (χ2v) is 6.11. The average Bonchev–Trinajstić information content (AvgIpc) is 3.19. The topological polar surface area (TPSA) is 45.0 Å². The third-order valence-corrected chi connectivity index (χ3v) is 4.68. The first-order valence-electron chi connectivity index (χ1n) is 7.81. The molecule has 5 heteroatoms. The van der Waals surface area contributed by atoms with Crippen molar-refractivity contribution in [1.29, 1.82) is 0 Å². The van der Waals surface area contributed by atoms with Gasteiger partial charge >= 0.3 is 0 Å². The SMILES string of the molecule is C1=Cc2cc3c4nc5cc6c(cc5cc4cn3cc2CO1)OCO6. The van der Waals surface area contributed by atoms with Gasteiger partial charge in [0.1, 0.15) is 6.61 Å². The molecule has 4 aromatic rings. The average molecular weight is 316 g/mol. The second-order valence-electron chi connectivity index (χ2n) is 6.11. The predicted octanol–water partition coefficient (Wildman–Crippen LogP) is 3.87. The molecule has 116 valence electrons. The van der Waals surface area contributed by atoms with Crippen molar-refractivity contribution in [2.24, 2.45) is 0 Å². The molecule has 0 bridgehead atoms. The van der Waals surface area contributed by atoms with Crippen LogP contribution in [0.25, 0.3) is 33.4 Å². The van der Waals surface area contributed by atoms with E-state index in [2.05, 4.69) is 28.9 Å². The van der Waals surface area contributed by atoms with Gasteiger partial charge in [-0.15, -0.1) is 0 Å². The van der Waals surface area contributed by atoms with E-state index >= 15 is 0 Å². The molecule has 0 spiro atoms. The van der Waals surface area contributed by atoms with Crippen LogP contribution in [0.3, 0.4) is 0 Å². The lowest BCUT2D eigenvalue weighted by Gasteiger charge is -2.12. The number of rotatable bonds is 0. The molecule has 0 N–H and O–H groups in total. The molecule has 2 aliphatic heterocycles. The van der Waals surface area contributed by atoms with Gasteiger partial charge in [0.15, 0.2) is 11.5 Å². The maximum absolute atomic E-state index is 5.47. The Balaban J connectivity index is 1.70. The van der Waals surface area contributed by atoms with Gasteiger partial charge < -0.3 is 18.6 Å². The van der Waals surface area contributed by atoms with E-state index in [1.807, 2.05) is 18.2 Å². The molecular weight excluding hydrogens is 304 g/mol. The first-order valence-corrected chi connectivity index (χ1v) is 7.81. The molecule has 1 aromatic carbocycles. The van der Waals surface area contributed by atoms with Crippen molar-refractivity contribution < 1.29 is 14.2 Å². The van der Waals surface area contributed by atoms with Crippen LogP contribution in [0.15, 0.2) is 42.9 Å². The van der Waals surface area contributed by atoms with Gasteiger partial charge in [0.2, 0.25) is 6.79 Å². The van der Waals surface area contributed by atoms with Crippen molar-refractivity contribution in [2.45, 2.75) is 6.61 Å². The number of hydrogen-bond donors (Lipinski definition) is 0. The van der Waals surface area contributed by atoms with Crippen molar-refractivity contribution in [3.05, 3.63) is 54.0 Å². The van der Waals surface area contributed by atoms with E-state index in [-0.39, 0.29) is 6.79 Å². The van der Waals surface area contributed by atoms with E-state index in [4.69, 9.17) is 19.2 Å². The molecule has 0 aliphatic carbocycles. The number of benzene rings is 1. The predicted molar refractivity (Wildman–Crippen MR) is 90.2 cm³/mol. The minimum absolute atomic E-state index is 0.275. The summed E-state index contributed by atoms with van der Waals surface area (Å²) in [7, 11) is 0. The number of hydrogen-bond acceptors (Lipinski definition) is 4. The van der Waals surface area contributed by atoms with Gasteiger partial charge in [-0.3, -0.25) is 0 Å². The number of nitrogens with zero attached hydrogens (tertiary/aromatic N) is 2. The Bertz CT molecular complexity index is 1190. The Morgan fingerprint density at radius 2 is 1.88 bits per heavy atom. The molecule has 2 aliphatic rings. The Labute approximate surface area is 136 Å². The normalized spacial score (nSPS) is 15.2. The molecule has 0 saturated carbocycles. The van der Waals surface area contributed by atoms with Crippen LogP contribution >= 0.6 is 0 Å². The summed E-state index contributed by atoms with van der Waals surface area (Å²) in [5.41, 5.74) is 5.35. The van der Waals surface area contributed by atoms with E-state index in [0.29, 0.717) is 6.61 Å². The Hall–Kier alpha value is -3.21. The van der Waals surface area contributed by atoms with Crippen molar-refractivity contribution in [3.8, 4) is 11.5 Å². The van der Waals surface area contributed by atoms with Gasteiger partial charge in [-0.1, -0.05) is 0 Å². The van der Waals surface area contributed by atoms with Crippen LogP contribution in [0.1, 0.15) is 11.1 Å². The second kappa shape index (κ2) is 4.20. The van der Waals surface area contributed by atoms with Crippen molar-refractivity contribution >= 4 is 33.4 Å². The molecule has 0 atom stereocenters. The number of fused-ring (bicyclic) bond motifs is 6. The summed E-state index contributed by atoms with van der Waals surface area (Å²) in [6.45, 7) is 0.879. The summed E-state index contributed by atoms with van der Waals surface area (Å²) in [5.74, 6) is 1.54. The van der Waals surface area contributed by atoms with E-state index in [1.165, 1.54) is 11.1 Å². The van der Waals surface area contributed by atoms with Crippen molar-refractivity contribution in [3.63, 3.8) is 0 Å². The smallest absolute Gasteiger partial charge is 0.231 e. The summed E-state index contributed by atoms with van der Waals surface area (Å²) < 4.78 is 18.5. The zero-order chi connectivity index (χ0) is 15.7. The Morgan fingerprint density at radius 3 is 2.83 bits per heavy atom. The highest BCUT2D eigenvalue weighted by atomic mass is 16.7. The molecule has 6 rings (SSSR count). The highest BCUT2D eigenvalue weighted by Gasteiger charge is 2.17. The van der Waals surface area contributed by atoms with Gasteiger partial charge in [0.25, 0.3) is 0 Å². The molecule has 24 heavy (non-hydrogen) atoms. The fourth-order valence-corrected chi connectivity index (χ4v) is 3.49. The van der Waals surface area contributed by atoms with Crippen LogP contribution in [-0.4, -0.2) is 16.2 Å². The fourth-order valence-electron chi connectivity index (χ4n) is 3.49. The molecule has 5 nitrogen and oxygen atoms in total. The zero-order valence-electron chi connectivity index (χ0n) is 12.7. The number of ether oxygens (including phenoxy) is 3. The van der Waals surface area contributed by atoms with Gasteiger partial charge in [0, 0.05) is 34.8 Å². The van der Waals surface area contributed by atoms with Crippen molar-refractivity contribution in [2.75, 3.05) is 6.79 Å². The molecule has 0 amide bonds. The van der Waals surface area contributed by atoms with Crippen LogP contribution in [-0.2, 0) is 11.3 Å². The fraction of sp³-hybridized carbons (Fsp3) is 0.105. The van der Waals surface area contributed by atoms with E-state index in [1.54, 1.807) is 6.26 Å². The van der Waals surface area contributed by atoms with Crippen LogP contribution in [0, 0.1) is 0 Å². The lowest BCUT2D eigenvalue weighted by atomic mass is 10.1. The van der Waals surface area contributed by atoms with Gasteiger partial charge in [-0.2, -0.15) is 0 Å². The zero-order valence-corrected chi connectivity index (χ0v) is 12.7. The van der Waals surface area contributed by atoms with Crippen LogP contribution in [0.2, 0.25) is 0 Å². The van der Waals surface area contributed by atoms with E-state index < -0.39 is 0 Å². The monoisotopic (exact) mass is 316 g/mol. The molecule has 5 heterocycles. The Morgan fingerprint density at radius 1 is 0.958 bits per heavy atom. The van der Waals surface area contributed by atoms with Gasteiger partial charge in [-0.05, 0) is 29.8 Å². The Kier molecular flexibility index (Phi) is 2.14. The van der Waals surface area contributed by atoms with Crippen LogP contribution in [0.5, 0.6) is 11.5 Å². The minimum Gasteiger partial charge on any atom is -0.496 e. The third kappa shape index (κ3) is 1.56. The van der Waals surface area contributed by atoms with Gasteiger partial charge in [0.05, 0.1) is 22.8 Å². The van der Waals surface area contributed by atoms with Crippen LogP contribution in [0.4, 0.5) is 0 Å². The lowest BCUT2D eigenvalue weighted by Crippen LogP contribution is -1.98. The largest absolute Gasteiger partial charge is 0.496 e. The summed E-state index contributed by atoms with van der Waals surface area (Å²) in [5, 5.41) is 2.16. The maximum Gasteiger partial charge on any atom is 0.231 e.